The number of hydroxylamine groups is 2. The molecule has 0 spiro atoms. The van der Waals surface area contributed by atoms with E-state index >= 15 is 0 Å². The van der Waals surface area contributed by atoms with Crippen molar-refractivity contribution in [1.29, 1.82) is 0 Å². The third kappa shape index (κ3) is 1.92. The summed E-state index contributed by atoms with van der Waals surface area (Å²) in [5.41, 5.74) is 0.917. The van der Waals surface area contributed by atoms with Gasteiger partial charge in [-0.1, -0.05) is 0 Å². The molecule has 7 heteroatoms. The van der Waals surface area contributed by atoms with E-state index in [0.29, 0.717) is 11.4 Å². The van der Waals surface area contributed by atoms with Crippen LogP contribution in [0.25, 0.3) is 5.52 Å². The molecule has 0 N–H and O–H groups in total. The lowest BCUT2D eigenvalue weighted by molar-refractivity contribution is -0.0761. The maximum Gasteiger partial charge on any atom is 0.297 e. The van der Waals surface area contributed by atoms with Crippen molar-refractivity contribution in [3.8, 4) is 5.88 Å². The molecule has 0 fully saturated rings. The Balaban J connectivity index is 2.51. The summed E-state index contributed by atoms with van der Waals surface area (Å²) in [4.78, 5) is 24.7. The Kier molecular flexibility index (Phi) is 2.92. The monoisotopic (exact) mass is 236 g/mol. The van der Waals surface area contributed by atoms with Crippen molar-refractivity contribution in [3.05, 3.63) is 24.4 Å². The fourth-order valence-electron chi connectivity index (χ4n) is 1.40. The molecule has 0 atom stereocenters. The van der Waals surface area contributed by atoms with E-state index in [1.54, 1.807) is 23.1 Å². The molecule has 0 saturated heterocycles. The predicted octanol–water partition coefficient (Wildman–Crippen LogP) is 0.371. The third-order valence-electron chi connectivity index (χ3n) is 2.34. The van der Waals surface area contributed by atoms with Crippen LogP contribution in [0, 0.1) is 0 Å². The molecule has 0 radical (unpaired) electrons. The molecule has 0 aliphatic rings. The summed E-state index contributed by atoms with van der Waals surface area (Å²) < 4.78 is 6.78. The first-order valence-electron chi connectivity index (χ1n) is 4.86. The topological polar surface area (TPSA) is 69.0 Å². The highest BCUT2D eigenvalue weighted by Gasteiger charge is 2.16. The van der Waals surface area contributed by atoms with Crippen LogP contribution in [0.5, 0.6) is 5.88 Å². The SMILES string of the molecule is COc1nc(C(=O)N(C)OC)cn2cncc12. The number of ether oxygens (including phenoxy) is 1. The van der Waals surface area contributed by atoms with Crippen LogP contribution in [-0.2, 0) is 4.84 Å². The molecular formula is C10H12N4O3. The average Bonchev–Trinajstić information content (AvgIpc) is 2.83. The van der Waals surface area contributed by atoms with Gasteiger partial charge in [-0.15, -0.1) is 0 Å². The van der Waals surface area contributed by atoms with Crippen LogP contribution in [0.3, 0.4) is 0 Å². The van der Waals surface area contributed by atoms with Crippen LogP contribution >= 0.6 is 0 Å². The molecule has 90 valence electrons. The number of aromatic nitrogens is 3. The normalized spacial score (nSPS) is 10.5. The fraction of sp³-hybridized carbons (Fsp3) is 0.300. The number of methoxy groups -OCH3 is 1. The molecular weight excluding hydrogens is 224 g/mol. The van der Waals surface area contributed by atoms with Gasteiger partial charge >= 0.3 is 0 Å². The van der Waals surface area contributed by atoms with Crippen LogP contribution in [0.1, 0.15) is 10.5 Å². The molecule has 0 aliphatic carbocycles. The number of nitrogens with zero attached hydrogens (tertiary/aromatic N) is 4. The van der Waals surface area contributed by atoms with Crippen LogP contribution in [0.15, 0.2) is 18.7 Å². The first kappa shape index (κ1) is 11.3. The van der Waals surface area contributed by atoms with Gasteiger partial charge in [-0.2, -0.15) is 0 Å². The van der Waals surface area contributed by atoms with Crippen molar-refractivity contribution in [3.63, 3.8) is 0 Å². The van der Waals surface area contributed by atoms with Crippen molar-refractivity contribution >= 4 is 11.4 Å². The second kappa shape index (κ2) is 4.38. The summed E-state index contributed by atoms with van der Waals surface area (Å²) in [7, 11) is 4.41. The van der Waals surface area contributed by atoms with Crippen LogP contribution in [0.2, 0.25) is 0 Å². The van der Waals surface area contributed by atoms with Crippen molar-refractivity contribution in [2.45, 2.75) is 0 Å². The number of carbonyl (C=O) groups is 1. The highest BCUT2D eigenvalue weighted by atomic mass is 16.7. The van der Waals surface area contributed by atoms with Gasteiger partial charge in [-0.3, -0.25) is 14.0 Å². The Bertz CT molecular complexity index is 551. The quantitative estimate of drug-likeness (QED) is 0.720. The smallest absolute Gasteiger partial charge is 0.297 e. The Labute approximate surface area is 97.6 Å². The molecule has 17 heavy (non-hydrogen) atoms. The van der Waals surface area contributed by atoms with E-state index in [9.17, 15) is 4.79 Å². The zero-order chi connectivity index (χ0) is 12.4. The van der Waals surface area contributed by atoms with Gasteiger partial charge in [0.15, 0.2) is 5.69 Å². The van der Waals surface area contributed by atoms with Gasteiger partial charge in [-0.25, -0.2) is 15.0 Å². The maximum absolute atomic E-state index is 11.9. The summed E-state index contributed by atoms with van der Waals surface area (Å²) in [6, 6.07) is 0. The van der Waals surface area contributed by atoms with Gasteiger partial charge in [-0.05, 0) is 0 Å². The maximum atomic E-state index is 11.9. The summed E-state index contributed by atoms with van der Waals surface area (Å²) in [5, 5.41) is 1.09. The first-order valence-corrected chi connectivity index (χ1v) is 4.86. The molecule has 0 saturated carbocycles. The van der Waals surface area contributed by atoms with E-state index in [-0.39, 0.29) is 11.6 Å². The Morgan fingerprint density at radius 3 is 2.88 bits per heavy atom. The van der Waals surface area contributed by atoms with Gasteiger partial charge in [0, 0.05) is 13.2 Å². The summed E-state index contributed by atoms with van der Waals surface area (Å²) in [5.74, 6) is -0.0146. The summed E-state index contributed by atoms with van der Waals surface area (Å²) in [6.07, 6.45) is 4.76. The van der Waals surface area contributed by atoms with Gasteiger partial charge in [0.1, 0.15) is 5.52 Å². The number of rotatable bonds is 3. The molecule has 1 amide bonds. The van der Waals surface area contributed by atoms with Gasteiger partial charge in [0.05, 0.1) is 26.7 Å². The highest BCUT2D eigenvalue weighted by Crippen LogP contribution is 2.17. The fourth-order valence-corrected chi connectivity index (χ4v) is 1.40. The minimum Gasteiger partial charge on any atom is -0.479 e. The average molecular weight is 236 g/mol. The number of fused-ring (bicyclic) bond motifs is 1. The number of hydrogen-bond donors (Lipinski definition) is 0. The molecule has 0 aliphatic heterocycles. The van der Waals surface area contributed by atoms with E-state index in [1.165, 1.54) is 21.3 Å². The van der Waals surface area contributed by atoms with Gasteiger partial charge in [0.2, 0.25) is 5.88 Å². The number of carbonyl (C=O) groups excluding carboxylic acids is 1. The van der Waals surface area contributed by atoms with Crippen LogP contribution in [-0.4, -0.2) is 46.6 Å². The zero-order valence-electron chi connectivity index (χ0n) is 9.75. The van der Waals surface area contributed by atoms with Crippen molar-refractivity contribution in [2.24, 2.45) is 0 Å². The second-order valence-electron chi connectivity index (χ2n) is 3.31. The van der Waals surface area contributed by atoms with E-state index in [0.717, 1.165) is 5.06 Å². The Morgan fingerprint density at radius 1 is 1.47 bits per heavy atom. The van der Waals surface area contributed by atoms with E-state index in [1.807, 2.05) is 0 Å². The lowest BCUT2D eigenvalue weighted by atomic mass is 10.4. The van der Waals surface area contributed by atoms with Crippen molar-refractivity contribution in [2.75, 3.05) is 21.3 Å². The molecule has 2 heterocycles. The Hall–Kier alpha value is -2.15. The van der Waals surface area contributed by atoms with Crippen molar-refractivity contribution < 1.29 is 14.4 Å². The molecule has 2 rings (SSSR count). The molecule has 2 aromatic heterocycles. The summed E-state index contributed by atoms with van der Waals surface area (Å²) >= 11 is 0. The molecule has 0 unspecified atom stereocenters. The Morgan fingerprint density at radius 2 is 2.24 bits per heavy atom. The summed E-state index contributed by atoms with van der Waals surface area (Å²) in [6.45, 7) is 0. The largest absolute Gasteiger partial charge is 0.479 e. The van der Waals surface area contributed by atoms with Crippen LogP contribution in [0.4, 0.5) is 0 Å². The highest BCUT2D eigenvalue weighted by molar-refractivity contribution is 5.91. The van der Waals surface area contributed by atoms with Gasteiger partial charge in [0.25, 0.3) is 5.91 Å². The predicted molar refractivity (Wildman–Crippen MR) is 58.6 cm³/mol. The standard InChI is InChI=1S/C10H12N4O3/c1-13(17-3)10(15)7-5-14-6-11-4-8(14)9(12-7)16-2/h4-6H,1-3H3. The van der Waals surface area contributed by atoms with Gasteiger partial charge < -0.3 is 4.74 Å². The number of amides is 1. The van der Waals surface area contributed by atoms with Crippen molar-refractivity contribution in [1.82, 2.24) is 19.4 Å². The third-order valence-corrected chi connectivity index (χ3v) is 2.34. The second-order valence-corrected chi connectivity index (χ2v) is 3.31. The molecule has 2 aromatic rings. The lowest BCUT2D eigenvalue weighted by Gasteiger charge is -2.13. The van der Waals surface area contributed by atoms with E-state index in [2.05, 4.69) is 9.97 Å². The minimum absolute atomic E-state index is 0.219. The molecule has 0 bridgehead atoms. The first-order chi connectivity index (χ1) is 8.17. The number of imidazole rings is 1. The van der Waals surface area contributed by atoms with E-state index < -0.39 is 0 Å². The lowest BCUT2D eigenvalue weighted by Crippen LogP contribution is -2.26. The zero-order valence-corrected chi connectivity index (χ0v) is 9.75. The minimum atomic E-state index is -0.360. The number of hydrogen-bond acceptors (Lipinski definition) is 5. The van der Waals surface area contributed by atoms with E-state index in [4.69, 9.17) is 9.57 Å². The van der Waals surface area contributed by atoms with Crippen LogP contribution < -0.4 is 4.74 Å². The molecule has 0 aromatic carbocycles. The molecule has 7 nitrogen and oxygen atoms in total.